The third kappa shape index (κ3) is 4.76. The fourth-order valence-electron chi connectivity index (χ4n) is 1.74. The summed E-state index contributed by atoms with van der Waals surface area (Å²) in [5.74, 6) is -0.389. The number of halogens is 6. The minimum atomic E-state index is -4.73. The third-order valence-corrected chi connectivity index (χ3v) is 2.71. The van der Waals surface area contributed by atoms with Crippen LogP contribution in [0.1, 0.15) is 25.1 Å². The average Bonchev–Trinajstić information content (AvgIpc) is 2.32. The van der Waals surface area contributed by atoms with Crippen LogP contribution in [0.4, 0.5) is 32.2 Å². The highest BCUT2D eigenvalue weighted by Gasteiger charge is 2.36. The summed E-state index contributed by atoms with van der Waals surface area (Å²) in [5.41, 5.74) is 4.26. The van der Waals surface area contributed by atoms with E-state index in [1.54, 1.807) is 0 Å². The number of hydrogen-bond acceptors (Lipinski definition) is 3. The van der Waals surface area contributed by atoms with Crippen molar-refractivity contribution >= 4 is 5.82 Å². The Labute approximate surface area is 117 Å². The molecule has 2 N–H and O–H groups in total. The number of alkyl halides is 6. The van der Waals surface area contributed by atoms with Crippen molar-refractivity contribution in [2.24, 2.45) is 5.73 Å². The van der Waals surface area contributed by atoms with E-state index in [0.717, 1.165) is 11.0 Å². The van der Waals surface area contributed by atoms with E-state index in [9.17, 15) is 26.3 Å². The van der Waals surface area contributed by atoms with Crippen LogP contribution >= 0.6 is 0 Å². The van der Waals surface area contributed by atoms with Gasteiger partial charge >= 0.3 is 12.4 Å². The van der Waals surface area contributed by atoms with E-state index in [1.165, 1.54) is 13.8 Å². The van der Waals surface area contributed by atoms with E-state index in [4.69, 9.17) is 5.73 Å². The van der Waals surface area contributed by atoms with Crippen molar-refractivity contribution in [3.63, 3.8) is 0 Å². The van der Waals surface area contributed by atoms with Gasteiger partial charge in [0.1, 0.15) is 18.1 Å². The molecule has 0 bridgehead atoms. The minimum absolute atomic E-state index is 0.126. The zero-order valence-electron chi connectivity index (χ0n) is 11.4. The van der Waals surface area contributed by atoms with Crippen LogP contribution in [-0.4, -0.2) is 23.7 Å². The lowest BCUT2D eigenvalue weighted by molar-refractivity contribution is -0.141. The molecule has 0 aliphatic heterocycles. The number of hydrogen-bond donors (Lipinski definition) is 1. The molecule has 1 aromatic rings. The Morgan fingerprint density at radius 1 is 1.14 bits per heavy atom. The second-order valence-electron chi connectivity index (χ2n) is 4.72. The van der Waals surface area contributed by atoms with Crippen molar-refractivity contribution in [3.05, 3.63) is 23.4 Å². The van der Waals surface area contributed by atoms with Gasteiger partial charge in [-0.1, -0.05) is 6.07 Å². The van der Waals surface area contributed by atoms with Crippen molar-refractivity contribution in [3.8, 4) is 0 Å². The highest BCUT2D eigenvalue weighted by molar-refractivity contribution is 5.49. The van der Waals surface area contributed by atoms with Crippen molar-refractivity contribution in [1.29, 1.82) is 0 Å². The van der Waals surface area contributed by atoms with E-state index < -0.39 is 30.6 Å². The van der Waals surface area contributed by atoms with Crippen LogP contribution in [0.5, 0.6) is 0 Å². The van der Waals surface area contributed by atoms with E-state index >= 15 is 0 Å². The Kier molecular flexibility index (Phi) is 5.08. The predicted molar refractivity (Wildman–Crippen MR) is 65.7 cm³/mol. The van der Waals surface area contributed by atoms with E-state index in [-0.39, 0.29) is 17.9 Å². The Balaban J connectivity index is 3.34. The molecule has 3 nitrogen and oxygen atoms in total. The van der Waals surface area contributed by atoms with Gasteiger partial charge in [-0.25, -0.2) is 4.98 Å². The number of rotatable bonds is 4. The molecule has 0 aliphatic carbocycles. The Hall–Kier alpha value is -1.51. The first kappa shape index (κ1) is 17.5. The summed E-state index contributed by atoms with van der Waals surface area (Å²) in [4.78, 5) is 4.10. The molecule has 0 saturated carbocycles. The maximum Gasteiger partial charge on any atom is 0.433 e. The molecule has 0 amide bonds. The number of nitrogens with two attached hydrogens (primary N) is 1. The van der Waals surface area contributed by atoms with Crippen LogP contribution in [0.25, 0.3) is 0 Å². The van der Waals surface area contributed by atoms with Gasteiger partial charge in [-0.05, 0) is 19.9 Å². The lowest BCUT2D eigenvalue weighted by Gasteiger charge is -2.30. The molecule has 0 atom stereocenters. The Bertz CT molecular complexity index is 481. The average molecular weight is 315 g/mol. The largest absolute Gasteiger partial charge is 0.433 e. The highest BCUT2D eigenvalue weighted by atomic mass is 19.4. The topological polar surface area (TPSA) is 42.2 Å². The normalized spacial score (nSPS) is 12.9. The van der Waals surface area contributed by atoms with Gasteiger partial charge in [-0.3, -0.25) is 0 Å². The van der Waals surface area contributed by atoms with Crippen LogP contribution < -0.4 is 10.6 Å². The second-order valence-corrected chi connectivity index (χ2v) is 4.72. The van der Waals surface area contributed by atoms with Crippen LogP contribution in [0.2, 0.25) is 0 Å². The van der Waals surface area contributed by atoms with Gasteiger partial charge in [0.25, 0.3) is 0 Å². The fourth-order valence-corrected chi connectivity index (χ4v) is 1.74. The Morgan fingerprint density at radius 3 is 2.10 bits per heavy atom. The standard InChI is InChI=1S/C12H15F6N3/c1-7(2)21(6-11(13,14)15)10-8(5-19)3-4-9(20-10)12(16,17)18/h3-4,7H,5-6,19H2,1-2H3. The maximum absolute atomic E-state index is 12.7. The van der Waals surface area contributed by atoms with Crippen molar-refractivity contribution in [1.82, 2.24) is 4.98 Å². The molecule has 120 valence electrons. The number of nitrogens with zero attached hydrogens (tertiary/aromatic N) is 2. The second kappa shape index (κ2) is 6.08. The number of anilines is 1. The molecule has 21 heavy (non-hydrogen) atoms. The van der Waals surface area contributed by atoms with Crippen LogP contribution in [0, 0.1) is 0 Å². The first-order chi connectivity index (χ1) is 9.45. The van der Waals surface area contributed by atoms with Crippen LogP contribution in [0.15, 0.2) is 12.1 Å². The van der Waals surface area contributed by atoms with Crippen LogP contribution in [-0.2, 0) is 12.7 Å². The Morgan fingerprint density at radius 2 is 1.71 bits per heavy atom. The van der Waals surface area contributed by atoms with Gasteiger partial charge in [0.05, 0.1) is 0 Å². The fraction of sp³-hybridized carbons (Fsp3) is 0.583. The van der Waals surface area contributed by atoms with Crippen molar-refractivity contribution < 1.29 is 26.3 Å². The molecule has 0 radical (unpaired) electrons. The van der Waals surface area contributed by atoms with Gasteiger partial charge in [0.2, 0.25) is 0 Å². The van der Waals surface area contributed by atoms with E-state index in [2.05, 4.69) is 4.98 Å². The quantitative estimate of drug-likeness (QED) is 0.867. The summed E-state index contributed by atoms with van der Waals surface area (Å²) in [7, 11) is 0. The van der Waals surface area contributed by atoms with Gasteiger partial charge in [0, 0.05) is 18.2 Å². The summed E-state index contributed by atoms with van der Waals surface area (Å²) in [6, 6.07) is 1.07. The molecule has 0 unspecified atom stereocenters. The first-order valence-corrected chi connectivity index (χ1v) is 6.06. The van der Waals surface area contributed by atoms with Gasteiger partial charge < -0.3 is 10.6 Å². The van der Waals surface area contributed by atoms with Crippen LogP contribution in [0.3, 0.4) is 0 Å². The van der Waals surface area contributed by atoms with E-state index in [0.29, 0.717) is 6.07 Å². The minimum Gasteiger partial charge on any atom is -0.345 e. The zero-order valence-corrected chi connectivity index (χ0v) is 11.4. The molecule has 1 rings (SSSR count). The molecule has 0 aromatic carbocycles. The summed E-state index contributed by atoms with van der Waals surface area (Å²) >= 11 is 0. The predicted octanol–water partition coefficient (Wildman–Crippen LogP) is 3.34. The maximum atomic E-state index is 12.7. The molecule has 0 spiro atoms. The monoisotopic (exact) mass is 315 g/mol. The van der Waals surface area contributed by atoms with Crippen molar-refractivity contribution in [2.75, 3.05) is 11.4 Å². The number of pyridine rings is 1. The molecule has 0 fully saturated rings. The first-order valence-electron chi connectivity index (χ1n) is 6.06. The molecule has 1 aromatic heterocycles. The summed E-state index contributed by atoms with van der Waals surface area (Å²) < 4.78 is 75.8. The number of aromatic nitrogens is 1. The van der Waals surface area contributed by atoms with E-state index in [1.807, 2.05) is 0 Å². The lowest BCUT2D eigenvalue weighted by Crippen LogP contribution is -2.40. The summed E-state index contributed by atoms with van der Waals surface area (Å²) in [5, 5.41) is 0. The van der Waals surface area contributed by atoms with Gasteiger partial charge in [-0.15, -0.1) is 0 Å². The van der Waals surface area contributed by atoms with Gasteiger partial charge in [-0.2, -0.15) is 26.3 Å². The highest BCUT2D eigenvalue weighted by Crippen LogP contribution is 2.32. The molecule has 9 heteroatoms. The SMILES string of the molecule is CC(C)N(CC(F)(F)F)c1nc(C(F)(F)F)ccc1CN. The van der Waals surface area contributed by atoms with Crippen molar-refractivity contribution in [2.45, 2.75) is 38.8 Å². The smallest absolute Gasteiger partial charge is 0.345 e. The molecule has 1 heterocycles. The molecule has 0 saturated heterocycles. The summed E-state index contributed by atoms with van der Waals surface area (Å²) in [6.07, 6.45) is -9.30. The molecular formula is C12H15F6N3. The molecule has 0 aliphatic rings. The zero-order chi connectivity index (χ0) is 16.4. The molecular weight excluding hydrogens is 300 g/mol. The summed E-state index contributed by atoms with van der Waals surface area (Å²) in [6.45, 7) is 1.27. The van der Waals surface area contributed by atoms with Gasteiger partial charge in [0.15, 0.2) is 0 Å². The lowest BCUT2D eigenvalue weighted by atomic mass is 10.2. The third-order valence-electron chi connectivity index (χ3n) is 2.71.